The van der Waals surface area contributed by atoms with Gasteiger partial charge in [-0.3, -0.25) is 0 Å². The lowest BCUT2D eigenvalue weighted by Crippen LogP contribution is -2.31. The topological polar surface area (TPSA) is 65.5 Å². The average molecular weight is 269 g/mol. The summed E-state index contributed by atoms with van der Waals surface area (Å²) in [6.45, 7) is 7.51. The summed E-state index contributed by atoms with van der Waals surface area (Å²) in [7, 11) is 3.12. The van der Waals surface area contributed by atoms with Gasteiger partial charge in [0.2, 0.25) is 17.7 Å². The third kappa shape index (κ3) is 4.90. The van der Waals surface area contributed by atoms with Crippen molar-refractivity contribution in [3.8, 4) is 11.8 Å². The summed E-state index contributed by atoms with van der Waals surface area (Å²) in [6.07, 6.45) is 0. The first-order chi connectivity index (χ1) is 9.10. The minimum absolute atomic E-state index is 0.136. The minimum Gasteiger partial charge on any atom is -0.481 e. The quantitative estimate of drug-likeness (QED) is 0.778. The number of nitrogens with zero attached hydrogens (tertiary/aromatic N) is 2. The number of hydrogen-bond acceptors (Lipinski definition) is 6. The molecule has 0 aliphatic carbocycles. The Morgan fingerprint density at radius 1 is 1.16 bits per heavy atom. The first-order valence-electron chi connectivity index (χ1n) is 6.42. The maximum Gasteiger partial charge on any atom is 0.229 e. The molecule has 0 fully saturated rings. The molecule has 6 heteroatoms. The van der Waals surface area contributed by atoms with Crippen LogP contribution in [0.25, 0.3) is 0 Å². The summed E-state index contributed by atoms with van der Waals surface area (Å²) in [5.74, 6) is 1.81. The molecule has 0 bridgehead atoms. The second kappa shape index (κ2) is 7.78. The molecule has 0 amide bonds. The van der Waals surface area contributed by atoms with Gasteiger partial charge < -0.3 is 19.5 Å². The first-order valence-corrected chi connectivity index (χ1v) is 6.42. The first kappa shape index (κ1) is 15.5. The SMILES string of the molecule is CCOCC(Nc1nc(OC)cc(OC)n1)C(C)C. The summed E-state index contributed by atoms with van der Waals surface area (Å²) in [6, 6.07) is 1.77. The summed E-state index contributed by atoms with van der Waals surface area (Å²) in [5, 5.41) is 3.26. The lowest BCUT2D eigenvalue weighted by molar-refractivity contribution is 0.126. The van der Waals surface area contributed by atoms with Gasteiger partial charge in [0.05, 0.1) is 32.9 Å². The highest BCUT2D eigenvalue weighted by Crippen LogP contribution is 2.19. The summed E-state index contributed by atoms with van der Waals surface area (Å²) in [4.78, 5) is 8.50. The fourth-order valence-electron chi connectivity index (χ4n) is 1.49. The molecule has 0 saturated heterocycles. The van der Waals surface area contributed by atoms with Gasteiger partial charge in [0.25, 0.3) is 0 Å². The van der Waals surface area contributed by atoms with Gasteiger partial charge in [-0.05, 0) is 12.8 Å². The van der Waals surface area contributed by atoms with Gasteiger partial charge in [-0.1, -0.05) is 13.8 Å². The predicted molar refractivity (Wildman–Crippen MR) is 73.9 cm³/mol. The van der Waals surface area contributed by atoms with Crippen molar-refractivity contribution in [2.24, 2.45) is 5.92 Å². The molecule has 0 aliphatic heterocycles. The van der Waals surface area contributed by atoms with E-state index < -0.39 is 0 Å². The van der Waals surface area contributed by atoms with Gasteiger partial charge in [-0.25, -0.2) is 0 Å². The van der Waals surface area contributed by atoms with Crippen LogP contribution < -0.4 is 14.8 Å². The molecule has 0 aromatic carbocycles. The molecule has 1 rings (SSSR count). The molecule has 19 heavy (non-hydrogen) atoms. The second-order valence-corrected chi connectivity index (χ2v) is 4.43. The van der Waals surface area contributed by atoms with Crippen molar-refractivity contribution in [1.29, 1.82) is 0 Å². The maximum absolute atomic E-state index is 5.46. The molecular weight excluding hydrogens is 246 g/mol. The van der Waals surface area contributed by atoms with Crippen LogP contribution >= 0.6 is 0 Å². The van der Waals surface area contributed by atoms with Crippen molar-refractivity contribution in [3.63, 3.8) is 0 Å². The Morgan fingerprint density at radius 3 is 2.16 bits per heavy atom. The molecule has 1 unspecified atom stereocenters. The molecule has 1 atom stereocenters. The van der Waals surface area contributed by atoms with E-state index in [2.05, 4.69) is 29.1 Å². The molecule has 0 aliphatic rings. The molecule has 1 aromatic heterocycles. The van der Waals surface area contributed by atoms with Crippen LogP contribution in [0.4, 0.5) is 5.95 Å². The molecule has 0 spiro atoms. The van der Waals surface area contributed by atoms with Crippen LogP contribution in [0.5, 0.6) is 11.8 Å². The Bertz CT molecular complexity index is 363. The average Bonchev–Trinajstić information content (AvgIpc) is 2.42. The van der Waals surface area contributed by atoms with E-state index in [1.54, 1.807) is 20.3 Å². The van der Waals surface area contributed by atoms with Gasteiger partial charge in [0.1, 0.15) is 0 Å². The van der Waals surface area contributed by atoms with Gasteiger partial charge in [0, 0.05) is 6.61 Å². The zero-order valence-electron chi connectivity index (χ0n) is 12.3. The number of ether oxygens (including phenoxy) is 3. The summed E-state index contributed by atoms with van der Waals surface area (Å²) in [5.41, 5.74) is 0. The Morgan fingerprint density at radius 2 is 1.74 bits per heavy atom. The van der Waals surface area contributed by atoms with Crippen molar-refractivity contribution in [3.05, 3.63) is 6.07 Å². The van der Waals surface area contributed by atoms with E-state index in [0.717, 1.165) is 0 Å². The van der Waals surface area contributed by atoms with Crippen LogP contribution in [-0.4, -0.2) is 43.4 Å². The van der Waals surface area contributed by atoms with Crippen molar-refractivity contribution < 1.29 is 14.2 Å². The van der Waals surface area contributed by atoms with E-state index in [-0.39, 0.29) is 6.04 Å². The summed E-state index contributed by atoms with van der Waals surface area (Å²) < 4.78 is 15.7. The third-order valence-electron chi connectivity index (χ3n) is 2.72. The predicted octanol–water partition coefficient (Wildman–Crippen LogP) is 1.97. The molecule has 1 heterocycles. The molecule has 6 nitrogen and oxygen atoms in total. The number of methoxy groups -OCH3 is 2. The van der Waals surface area contributed by atoms with E-state index in [9.17, 15) is 0 Å². The van der Waals surface area contributed by atoms with Gasteiger partial charge in [-0.2, -0.15) is 9.97 Å². The van der Waals surface area contributed by atoms with E-state index in [1.807, 2.05) is 6.92 Å². The smallest absolute Gasteiger partial charge is 0.229 e. The third-order valence-corrected chi connectivity index (χ3v) is 2.72. The van der Waals surface area contributed by atoms with Crippen LogP contribution in [0, 0.1) is 5.92 Å². The van der Waals surface area contributed by atoms with Crippen LogP contribution in [-0.2, 0) is 4.74 Å². The number of rotatable bonds is 8. The van der Waals surface area contributed by atoms with Gasteiger partial charge in [0.15, 0.2) is 0 Å². The van der Waals surface area contributed by atoms with Gasteiger partial charge >= 0.3 is 0 Å². The highest BCUT2D eigenvalue weighted by molar-refractivity contribution is 5.34. The van der Waals surface area contributed by atoms with Crippen LogP contribution in [0.15, 0.2) is 6.07 Å². The molecule has 1 aromatic rings. The van der Waals surface area contributed by atoms with Crippen molar-refractivity contribution >= 4 is 5.95 Å². The lowest BCUT2D eigenvalue weighted by atomic mass is 10.1. The Hall–Kier alpha value is -1.56. The number of anilines is 1. The number of nitrogens with one attached hydrogen (secondary N) is 1. The van der Waals surface area contributed by atoms with Crippen molar-refractivity contribution in [2.75, 3.05) is 32.8 Å². The standard InChI is InChI=1S/C13H23N3O3/c1-6-19-8-10(9(2)3)14-13-15-11(17-4)7-12(16-13)18-5/h7,9-10H,6,8H2,1-5H3,(H,14,15,16). The molecule has 108 valence electrons. The highest BCUT2D eigenvalue weighted by atomic mass is 16.5. The summed E-state index contributed by atoms with van der Waals surface area (Å²) >= 11 is 0. The monoisotopic (exact) mass is 269 g/mol. The second-order valence-electron chi connectivity index (χ2n) is 4.43. The zero-order valence-corrected chi connectivity index (χ0v) is 12.3. The number of aromatic nitrogens is 2. The van der Waals surface area contributed by atoms with Gasteiger partial charge in [-0.15, -0.1) is 0 Å². The molecule has 0 saturated carbocycles. The van der Waals surface area contributed by atoms with Crippen molar-refractivity contribution in [2.45, 2.75) is 26.8 Å². The zero-order chi connectivity index (χ0) is 14.3. The van der Waals surface area contributed by atoms with E-state index in [0.29, 0.717) is 36.8 Å². The van der Waals surface area contributed by atoms with Crippen molar-refractivity contribution in [1.82, 2.24) is 9.97 Å². The van der Waals surface area contributed by atoms with E-state index >= 15 is 0 Å². The Labute approximate surface area is 114 Å². The minimum atomic E-state index is 0.136. The molecule has 0 radical (unpaired) electrons. The van der Waals surface area contributed by atoms with Crippen LogP contribution in [0.2, 0.25) is 0 Å². The Balaban J connectivity index is 2.82. The fraction of sp³-hybridized carbons (Fsp3) is 0.692. The van der Waals surface area contributed by atoms with Crippen LogP contribution in [0.3, 0.4) is 0 Å². The molecule has 1 N–H and O–H groups in total. The van der Waals surface area contributed by atoms with E-state index in [4.69, 9.17) is 14.2 Å². The largest absolute Gasteiger partial charge is 0.481 e. The fourth-order valence-corrected chi connectivity index (χ4v) is 1.49. The normalized spacial score (nSPS) is 12.3. The Kier molecular flexibility index (Phi) is 6.35. The van der Waals surface area contributed by atoms with Crippen LogP contribution in [0.1, 0.15) is 20.8 Å². The number of hydrogen-bond donors (Lipinski definition) is 1. The lowest BCUT2D eigenvalue weighted by Gasteiger charge is -2.22. The molecular formula is C13H23N3O3. The van der Waals surface area contributed by atoms with E-state index in [1.165, 1.54) is 0 Å². The highest BCUT2D eigenvalue weighted by Gasteiger charge is 2.16. The maximum atomic E-state index is 5.46.